The molecule has 0 saturated carbocycles. The minimum atomic E-state index is 0. The topological polar surface area (TPSA) is 8.81 Å². The molecule has 0 atom stereocenters. The molecule has 3 heteroatoms. The molecule has 1 rings (SSSR count). The summed E-state index contributed by atoms with van der Waals surface area (Å²) in [4.78, 5) is 0. The van der Waals surface area contributed by atoms with Gasteiger partial charge in [0.1, 0.15) is 12.4 Å². The van der Waals surface area contributed by atoms with E-state index in [9.17, 15) is 0 Å². The molecule has 1 aromatic rings. The van der Waals surface area contributed by atoms with Crippen molar-refractivity contribution >= 4 is 0 Å². The molecule has 0 amide bonds. The summed E-state index contributed by atoms with van der Waals surface area (Å²) < 4.78 is 4.72. The smallest absolute Gasteiger partial charge is 0.244 e. The van der Waals surface area contributed by atoms with E-state index in [4.69, 9.17) is 0 Å². The van der Waals surface area contributed by atoms with Gasteiger partial charge in [-0.3, -0.25) is 0 Å². The molecule has 94 valence electrons. The van der Waals surface area contributed by atoms with Gasteiger partial charge >= 0.3 is 0 Å². The van der Waals surface area contributed by atoms with Crippen LogP contribution in [0.4, 0.5) is 0 Å². The lowest BCUT2D eigenvalue weighted by Crippen LogP contribution is -3.00. The van der Waals surface area contributed by atoms with Crippen molar-refractivity contribution in [2.45, 2.75) is 65.5 Å². The van der Waals surface area contributed by atoms with Gasteiger partial charge in [-0.1, -0.05) is 27.7 Å². The largest absolute Gasteiger partial charge is 1.00 e. The Kier molecular flexibility index (Phi) is 7.73. The van der Waals surface area contributed by atoms with Crippen LogP contribution in [-0.2, 0) is 0 Å². The lowest BCUT2D eigenvalue weighted by Gasteiger charge is -2.09. The van der Waals surface area contributed by atoms with Gasteiger partial charge < -0.3 is 17.0 Å². The van der Waals surface area contributed by atoms with Crippen LogP contribution >= 0.6 is 0 Å². The van der Waals surface area contributed by atoms with E-state index in [1.807, 2.05) is 0 Å². The zero-order valence-electron chi connectivity index (χ0n) is 11.0. The molecule has 0 aliphatic carbocycles. The Morgan fingerprint density at radius 3 is 2.00 bits per heavy atom. The molecule has 0 aromatic carbocycles. The second kappa shape index (κ2) is 7.88. The summed E-state index contributed by atoms with van der Waals surface area (Å²) in [6.07, 6.45) is 11.6. The van der Waals surface area contributed by atoms with Gasteiger partial charge in [-0.15, -0.1) is 0 Å². The molecule has 1 aromatic heterocycles. The van der Waals surface area contributed by atoms with Gasteiger partial charge in [0.2, 0.25) is 6.33 Å². The Morgan fingerprint density at radius 1 is 1.00 bits per heavy atom. The zero-order chi connectivity index (χ0) is 11.3. The minimum absolute atomic E-state index is 0. The van der Waals surface area contributed by atoms with E-state index in [-0.39, 0.29) is 17.0 Å². The van der Waals surface area contributed by atoms with Crippen LogP contribution in [0.5, 0.6) is 0 Å². The van der Waals surface area contributed by atoms with Crippen molar-refractivity contribution in [1.29, 1.82) is 0 Å². The number of rotatable bonds is 6. The van der Waals surface area contributed by atoms with Gasteiger partial charge in [-0.2, -0.15) is 0 Å². The first-order valence-electron chi connectivity index (χ1n) is 6.34. The Hall–Kier alpha value is -0.310. The van der Waals surface area contributed by atoms with E-state index >= 15 is 0 Å². The van der Waals surface area contributed by atoms with Gasteiger partial charge in [-0.05, 0) is 25.7 Å². The Bertz CT molecular complexity index is 249. The van der Waals surface area contributed by atoms with E-state index in [1.54, 1.807) is 0 Å². The van der Waals surface area contributed by atoms with Crippen molar-refractivity contribution in [1.82, 2.24) is 4.57 Å². The van der Waals surface area contributed by atoms with Crippen LogP contribution in [0.25, 0.3) is 0 Å². The van der Waals surface area contributed by atoms with Crippen LogP contribution in [0.2, 0.25) is 0 Å². The Balaban J connectivity index is 0.00000225. The monoisotopic (exact) mass is 288 g/mol. The van der Waals surface area contributed by atoms with Crippen LogP contribution in [-0.4, -0.2) is 4.57 Å². The summed E-state index contributed by atoms with van der Waals surface area (Å²) in [6, 6.07) is 1.33. The standard InChI is InChI=1S/C13H25N2.BrH/c1-5-12(6-2)14-9-10-15(11-14)13(7-3)8-4;/h9-13H,5-8H2,1-4H3;1H/q+1;/p-1. The highest BCUT2D eigenvalue weighted by Crippen LogP contribution is 2.15. The van der Waals surface area contributed by atoms with Crippen LogP contribution < -0.4 is 21.5 Å². The van der Waals surface area contributed by atoms with Crippen molar-refractivity contribution in [3.63, 3.8) is 0 Å². The Labute approximate surface area is 110 Å². The average Bonchev–Trinajstić information content (AvgIpc) is 2.71. The van der Waals surface area contributed by atoms with Crippen LogP contribution in [0.15, 0.2) is 18.7 Å². The van der Waals surface area contributed by atoms with Crippen molar-refractivity contribution in [3.05, 3.63) is 18.7 Å². The maximum absolute atomic E-state index is 2.36. The number of halogens is 1. The molecule has 0 bridgehead atoms. The van der Waals surface area contributed by atoms with E-state index < -0.39 is 0 Å². The summed E-state index contributed by atoms with van der Waals surface area (Å²) >= 11 is 0. The van der Waals surface area contributed by atoms with Crippen LogP contribution in [0.1, 0.15) is 65.5 Å². The van der Waals surface area contributed by atoms with Crippen molar-refractivity contribution in [2.24, 2.45) is 0 Å². The predicted molar refractivity (Wildman–Crippen MR) is 63.9 cm³/mol. The average molecular weight is 289 g/mol. The highest BCUT2D eigenvalue weighted by Gasteiger charge is 2.16. The molecule has 1 heterocycles. The third kappa shape index (κ3) is 3.62. The molecule has 0 aliphatic heterocycles. The quantitative estimate of drug-likeness (QED) is 0.675. The van der Waals surface area contributed by atoms with Gasteiger partial charge in [0.15, 0.2) is 0 Å². The molecule has 2 nitrogen and oxygen atoms in total. The van der Waals surface area contributed by atoms with Crippen LogP contribution in [0, 0.1) is 0 Å². The third-order valence-electron chi connectivity index (χ3n) is 3.41. The van der Waals surface area contributed by atoms with Gasteiger partial charge in [0.05, 0.1) is 12.1 Å². The minimum Gasteiger partial charge on any atom is -1.00 e. The summed E-state index contributed by atoms with van der Waals surface area (Å²) in [7, 11) is 0. The van der Waals surface area contributed by atoms with Gasteiger partial charge in [-0.25, -0.2) is 9.13 Å². The lowest BCUT2D eigenvalue weighted by atomic mass is 10.2. The maximum Gasteiger partial charge on any atom is 0.244 e. The van der Waals surface area contributed by atoms with E-state index in [0.717, 1.165) is 0 Å². The molecular formula is C13H25BrN2. The first-order chi connectivity index (χ1) is 7.26. The maximum atomic E-state index is 2.36. The number of aromatic nitrogens is 2. The fourth-order valence-corrected chi connectivity index (χ4v) is 2.24. The highest BCUT2D eigenvalue weighted by atomic mass is 79.9. The van der Waals surface area contributed by atoms with Gasteiger partial charge in [0, 0.05) is 0 Å². The predicted octanol–water partition coefficient (Wildman–Crippen LogP) is 0.502. The summed E-state index contributed by atoms with van der Waals surface area (Å²) in [5, 5.41) is 0. The fourth-order valence-electron chi connectivity index (χ4n) is 2.24. The zero-order valence-corrected chi connectivity index (χ0v) is 12.6. The number of imidazole rings is 1. The Morgan fingerprint density at radius 2 is 1.56 bits per heavy atom. The molecule has 0 fully saturated rings. The summed E-state index contributed by atoms with van der Waals surface area (Å²) in [5.74, 6) is 0. The molecule has 0 N–H and O–H groups in total. The SMILES string of the molecule is CCC(CC)n1cc[n+](C(CC)CC)c1.[Br-]. The molecule has 0 aliphatic rings. The van der Waals surface area contributed by atoms with E-state index in [0.29, 0.717) is 12.1 Å². The number of hydrogen-bond donors (Lipinski definition) is 0. The highest BCUT2D eigenvalue weighted by molar-refractivity contribution is 4.74. The second-order valence-corrected chi connectivity index (χ2v) is 4.25. The fraction of sp³-hybridized carbons (Fsp3) is 0.769. The van der Waals surface area contributed by atoms with Crippen LogP contribution in [0.3, 0.4) is 0 Å². The third-order valence-corrected chi connectivity index (χ3v) is 3.41. The first-order valence-corrected chi connectivity index (χ1v) is 6.34. The second-order valence-electron chi connectivity index (χ2n) is 4.25. The van der Waals surface area contributed by atoms with E-state index in [1.165, 1.54) is 25.7 Å². The first kappa shape index (κ1) is 15.7. The summed E-state index contributed by atoms with van der Waals surface area (Å²) in [6.45, 7) is 9.04. The van der Waals surface area contributed by atoms with Crippen molar-refractivity contribution in [3.8, 4) is 0 Å². The van der Waals surface area contributed by atoms with Gasteiger partial charge in [0.25, 0.3) is 0 Å². The normalized spacial score (nSPS) is 10.9. The molecule has 0 saturated heterocycles. The number of hydrogen-bond acceptors (Lipinski definition) is 0. The van der Waals surface area contributed by atoms with Crippen molar-refractivity contribution < 1.29 is 21.5 Å². The molecule has 0 spiro atoms. The lowest BCUT2D eigenvalue weighted by molar-refractivity contribution is -0.723. The van der Waals surface area contributed by atoms with Crippen molar-refractivity contribution in [2.75, 3.05) is 0 Å². The molecule has 0 unspecified atom stereocenters. The molecule has 16 heavy (non-hydrogen) atoms. The molecular weight excluding hydrogens is 264 g/mol. The summed E-state index contributed by atoms with van der Waals surface area (Å²) in [5.41, 5.74) is 0. The van der Waals surface area contributed by atoms with E-state index in [2.05, 4.69) is 55.6 Å². The number of nitrogens with zero attached hydrogens (tertiary/aromatic N) is 2. The molecule has 0 radical (unpaired) electrons.